The largest absolute Gasteiger partial charge is 0.298 e. The third-order valence-corrected chi connectivity index (χ3v) is 7.92. The highest BCUT2D eigenvalue weighted by Gasteiger charge is 2.49. The number of carbonyl (C=O) groups excluding carboxylic acids is 3. The number of alkyl halides is 1. The molecule has 29 heavy (non-hydrogen) atoms. The van der Waals surface area contributed by atoms with Crippen LogP contribution in [0.2, 0.25) is 0 Å². The number of hydrogen-bond acceptors (Lipinski definition) is 4. The fourth-order valence-electron chi connectivity index (χ4n) is 5.95. The maximum absolute atomic E-state index is 13.3. The number of halogens is 1. The second-order valence-electron chi connectivity index (χ2n) is 10.1. The lowest BCUT2D eigenvalue weighted by Gasteiger charge is -2.34. The topological polar surface area (TPSA) is 57.7 Å². The number of carbonyl (C=O) groups is 3. The second-order valence-corrected chi connectivity index (χ2v) is 10.1. The van der Waals surface area contributed by atoms with Gasteiger partial charge in [-0.25, -0.2) is 4.39 Å². The van der Waals surface area contributed by atoms with Gasteiger partial charge in [-0.15, -0.1) is 0 Å². The Balaban J connectivity index is 1.23. The highest BCUT2D eigenvalue weighted by atomic mass is 19.1. The van der Waals surface area contributed by atoms with Gasteiger partial charge < -0.3 is 0 Å². The highest BCUT2D eigenvalue weighted by Crippen LogP contribution is 2.41. The number of ketones is 1. The van der Waals surface area contributed by atoms with Gasteiger partial charge in [0.1, 0.15) is 12.0 Å². The zero-order chi connectivity index (χ0) is 20.5. The number of amides is 2. The Bertz CT molecular complexity index is 638. The van der Waals surface area contributed by atoms with Gasteiger partial charge in [0, 0.05) is 12.5 Å². The SMILES string of the molecule is CC1CCC2C(=O)N(CC3CCN(CC(=O)C4CCC(F)CC4)CC3)C(=O)C2C1. The summed E-state index contributed by atoms with van der Waals surface area (Å²) in [5.41, 5.74) is 0. The van der Waals surface area contributed by atoms with Crippen LogP contribution in [0.1, 0.15) is 64.7 Å². The highest BCUT2D eigenvalue weighted by molar-refractivity contribution is 6.05. The van der Waals surface area contributed by atoms with E-state index in [9.17, 15) is 18.8 Å². The minimum atomic E-state index is -0.724. The first-order valence-corrected chi connectivity index (χ1v) is 11.7. The molecule has 2 amide bonds. The molecule has 2 saturated heterocycles. The van der Waals surface area contributed by atoms with E-state index in [0.717, 1.165) is 45.2 Å². The molecule has 0 radical (unpaired) electrons. The van der Waals surface area contributed by atoms with Crippen LogP contribution in [0.5, 0.6) is 0 Å². The number of likely N-dealkylation sites (tertiary alicyclic amines) is 2. The minimum Gasteiger partial charge on any atom is -0.298 e. The lowest BCUT2D eigenvalue weighted by Crippen LogP contribution is -2.43. The zero-order valence-electron chi connectivity index (χ0n) is 17.7. The van der Waals surface area contributed by atoms with Gasteiger partial charge in [0.25, 0.3) is 0 Å². The fourth-order valence-corrected chi connectivity index (χ4v) is 5.95. The Kier molecular flexibility index (Phi) is 6.38. The lowest BCUT2D eigenvalue weighted by atomic mass is 9.76. The van der Waals surface area contributed by atoms with E-state index in [0.29, 0.717) is 50.6 Å². The Morgan fingerprint density at radius 2 is 1.59 bits per heavy atom. The van der Waals surface area contributed by atoms with E-state index in [2.05, 4.69) is 11.8 Å². The van der Waals surface area contributed by atoms with E-state index in [1.165, 1.54) is 0 Å². The molecule has 0 N–H and O–H groups in total. The molecular weight excluding hydrogens is 371 g/mol. The van der Waals surface area contributed by atoms with Crippen LogP contribution in [0.25, 0.3) is 0 Å². The molecule has 162 valence electrons. The van der Waals surface area contributed by atoms with Gasteiger partial charge in [0.2, 0.25) is 11.8 Å². The number of hydrogen-bond donors (Lipinski definition) is 0. The standard InChI is InChI=1S/C23H35FN2O3/c1-15-2-7-19-20(12-15)23(29)26(22(19)28)13-16-8-10-25(11-9-16)14-21(27)17-3-5-18(24)6-4-17/h15-20H,2-14H2,1H3. The van der Waals surface area contributed by atoms with Gasteiger partial charge in [0.05, 0.1) is 18.4 Å². The maximum Gasteiger partial charge on any atom is 0.233 e. The molecular formula is C23H35FN2O3. The maximum atomic E-state index is 13.3. The lowest BCUT2D eigenvalue weighted by molar-refractivity contribution is -0.140. The first-order chi connectivity index (χ1) is 13.9. The molecule has 2 saturated carbocycles. The molecule has 4 rings (SSSR count). The third-order valence-electron chi connectivity index (χ3n) is 7.92. The summed E-state index contributed by atoms with van der Waals surface area (Å²) in [4.78, 5) is 41.9. The quantitative estimate of drug-likeness (QED) is 0.658. The summed E-state index contributed by atoms with van der Waals surface area (Å²) in [7, 11) is 0. The van der Waals surface area contributed by atoms with Gasteiger partial charge in [-0.2, -0.15) is 0 Å². The van der Waals surface area contributed by atoms with Crippen molar-refractivity contribution in [2.75, 3.05) is 26.2 Å². The van der Waals surface area contributed by atoms with Crippen LogP contribution in [0.3, 0.4) is 0 Å². The molecule has 0 aromatic rings. The zero-order valence-corrected chi connectivity index (χ0v) is 17.7. The summed E-state index contributed by atoms with van der Waals surface area (Å²) in [6, 6.07) is 0. The Morgan fingerprint density at radius 3 is 2.28 bits per heavy atom. The van der Waals surface area contributed by atoms with Gasteiger partial charge in [-0.1, -0.05) is 6.92 Å². The number of fused-ring (bicyclic) bond motifs is 1. The van der Waals surface area contributed by atoms with Crippen molar-refractivity contribution in [1.82, 2.24) is 9.80 Å². The van der Waals surface area contributed by atoms with E-state index in [1.54, 1.807) is 4.90 Å². The number of imide groups is 1. The van der Waals surface area contributed by atoms with Crippen molar-refractivity contribution in [1.29, 1.82) is 0 Å². The number of nitrogens with zero attached hydrogens (tertiary/aromatic N) is 2. The Morgan fingerprint density at radius 1 is 0.931 bits per heavy atom. The van der Waals surface area contributed by atoms with E-state index >= 15 is 0 Å². The van der Waals surface area contributed by atoms with Gasteiger partial charge in [-0.05, 0) is 82.7 Å². The van der Waals surface area contributed by atoms with Crippen LogP contribution >= 0.6 is 0 Å². The van der Waals surface area contributed by atoms with Crippen molar-refractivity contribution in [3.05, 3.63) is 0 Å². The third kappa shape index (κ3) is 4.57. The molecule has 0 aromatic carbocycles. The first-order valence-electron chi connectivity index (χ1n) is 11.7. The average molecular weight is 407 g/mol. The summed E-state index contributed by atoms with van der Waals surface area (Å²) in [6.45, 7) is 4.89. The van der Waals surface area contributed by atoms with Crippen LogP contribution < -0.4 is 0 Å². The monoisotopic (exact) mass is 406 g/mol. The normalized spacial score (nSPS) is 37.0. The molecule has 6 heteroatoms. The van der Waals surface area contributed by atoms with E-state index in [-0.39, 0.29) is 35.4 Å². The predicted octanol–water partition coefficient (Wildman–Crippen LogP) is 3.22. The van der Waals surface area contributed by atoms with Gasteiger partial charge >= 0.3 is 0 Å². The average Bonchev–Trinajstić information content (AvgIpc) is 2.94. The second kappa shape index (κ2) is 8.83. The number of piperidine rings is 1. The molecule has 0 aromatic heterocycles. The smallest absolute Gasteiger partial charge is 0.233 e. The van der Waals surface area contributed by atoms with Crippen molar-refractivity contribution >= 4 is 17.6 Å². The molecule has 3 atom stereocenters. The minimum absolute atomic E-state index is 0.0327. The van der Waals surface area contributed by atoms with Crippen molar-refractivity contribution in [2.45, 2.75) is 70.9 Å². The molecule has 2 aliphatic carbocycles. The van der Waals surface area contributed by atoms with Crippen LogP contribution in [0.15, 0.2) is 0 Å². The molecule has 4 aliphatic rings. The summed E-state index contributed by atoms with van der Waals surface area (Å²) >= 11 is 0. The summed E-state index contributed by atoms with van der Waals surface area (Å²) in [5.74, 6) is 1.14. The Hall–Kier alpha value is -1.30. The first kappa shape index (κ1) is 21.0. The van der Waals surface area contributed by atoms with Crippen molar-refractivity contribution in [3.63, 3.8) is 0 Å². The summed E-state index contributed by atoms with van der Waals surface area (Å²) in [6.07, 6.45) is 6.32. The molecule has 2 aliphatic heterocycles. The molecule has 5 nitrogen and oxygen atoms in total. The molecule has 0 spiro atoms. The van der Waals surface area contributed by atoms with E-state index in [1.807, 2.05) is 0 Å². The molecule has 3 unspecified atom stereocenters. The number of rotatable bonds is 5. The van der Waals surface area contributed by atoms with Crippen molar-refractivity contribution in [3.8, 4) is 0 Å². The van der Waals surface area contributed by atoms with Crippen LogP contribution in [-0.4, -0.2) is 59.7 Å². The molecule has 4 fully saturated rings. The number of Topliss-reactive ketones (excluding diaryl/α,β-unsaturated/α-hetero) is 1. The van der Waals surface area contributed by atoms with Gasteiger partial charge in [0.15, 0.2) is 0 Å². The predicted molar refractivity (Wildman–Crippen MR) is 108 cm³/mol. The van der Waals surface area contributed by atoms with Crippen molar-refractivity contribution in [2.24, 2.45) is 29.6 Å². The van der Waals surface area contributed by atoms with Gasteiger partial charge in [-0.3, -0.25) is 24.2 Å². The van der Waals surface area contributed by atoms with Crippen LogP contribution in [0, 0.1) is 29.6 Å². The Labute approximate surface area is 173 Å². The molecule has 2 heterocycles. The van der Waals surface area contributed by atoms with E-state index in [4.69, 9.17) is 0 Å². The van der Waals surface area contributed by atoms with Crippen LogP contribution in [0.4, 0.5) is 4.39 Å². The van der Waals surface area contributed by atoms with Crippen LogP contribution in [-0.2, 0) is 14.4 Å². The summed E-state index contributed by atoms with van der Waals surface area (Å²) < 4.78 is 13.3. The summed E-state index contributed by atoms with van der Waals surface area (Å²) in [5, 5.41) is 0. The van der Waals surface area contributed by atoms with Crippen molar-refractivity contribution < 1.29 is 18.8 Å². The fraction of sp³-hybridized carbons (Fsp3) is 0.870. The molecule has 0 bridgehead atoms. The van der Waals surface area contributed by atoms with E-state index < -0.39 is 6.17 Å².